The molecule has 0 unspecified atom stereocenters. The van der Waals surface area contributed by atoms with E-state index in [9.17, 15) is 4.79 Å². The fraction of sp³-hybridized carbons (Fsp3) is 0.222. The summed E-state index contributed by atoms with van der Waals surface area (Å²) < 4.78 is 5.20. The Morgan fingerprint density at radius 3 is 2.78 bits per heavy atom. The lowest BCUT2D eigenvalue weighted by molar-refractivity contribution is 0.0951. The number of amides is 1. The summed E-state index contributed by atoms with van der Waals surface area (Å²) in [5.41, 5.74) is 2.91. The van der Waals surface area contributed by atoms with Crippen LogP contribution >= 0.6 is 0 Å². The minimum absolute atomic E-state index is 0.141. The molecule has 2 aromatic carbocycles. The van der Waals surface area contributed by atoms with Crippen molar-refractivity contribution in [3.63, 3.8) is 0 Å². The molecule has 1 amide bonds. The Labute approximate surface area is 135 Å². The molecule has 3 rings (SSSR count). The number of carbonyl (C=O) groups excluding carboxylic acids is 1. The SMILES string of the molecule is COc1ccccc1C(=O)NCCNC1=NCc2ccccc21. The van der Waals surface area contributed by atoms with Gasteiger partial charge in [-0.1, -0.05) is 36.4 Å². The number of ether oxygens (including phenoxy) is 1. The standard InChI is InChI=1S/C18H19N3O2/c1-23-16-9-5-4-8-15(16)18(22)20-11-10-19-17-14-7-3-2-6-13(14)12-21-17/h2-9H,10-12H2,1H3,(H,19,21)(H,20,22). The molecular formula is C18H19N3O2. The van der Waals surface area contributed by atoms with Crippen LogP contribution in [0.4, 0.5) is 0 Å². The molecular weight excluding hydrogens is 290 g/mol. The first kappa shape index (κ1) is 15.1. The van der Waals surface area contributed by atoms with E-state index in [1.54, 1.807) is 19.2 Å². The zero-order chi connectivity index (χ0) is 16.1. The smallest absolute Gasteiger partial charge is 0.255 e. The highest BCUT2D eigenvalue weighted by Gasteiger charge is 2.14. The van der Waals surface area contributed by atoms with E-state index in [1.807, 2.05) is 24.3 Å². The van der Waals surface area contributed by atoms with Crippen molar-refractivity contribution in [3.05, 3.63) is 65.2 Å². The number of carbonyl (C=O) groups is 1. The molecule has 0 saturated heterocycles. The highest BCUT2D eigenvalue weighted by Crippen LogP contribution is 2.17. The Balaban J connectivity index is 1.50. The van der Waals surface area contributed by atoms with Crippen molar-refractivity contribution < 1.29 is 9.53 Å². The van der Waals surface area contributed by atoms with Crippen molar-refractivity contribution in [1.82, 2.24) is 10.6 Å². The Hall–Kier alpha value is -2.82. The van der Waals surface area contributed by atoms with E-state index in [1.165, 1.54) is 5.56 Å². The van der Waals surface area contributed by atoms with Crippen LogP contribution in [0.1, 0.15) is 21.5 Å². The number of methoxy groups -OCH3 is 1. The number of nitrogens with zero attached hydrogens (tertiary/aromatic N) is 1. The molecule has 2 N–H and O–H groups in total. The second-order valence-electron chi connectivity index (χ2n) is 5.20. The Morgan fingerprint density at radius 2 is 1.91 bits per heavy atom. The number of hydrogen-bond donors (Lipinski definition) is 2. The summed E-state index contributed by atoms with van der Waals surface area (Å²) in [6, 6.07) is 15.3. The monoisotopic (exact) mass is 309 g/mol. The largest absolute Gasteiger partial charge is 0.496 e. The van der Waals surface area contributed by atoms with E-state index in [-0.39, 0.29) is 5.91 Å². The van der Waals surface area contributed by atoms with Gasteiger partial charge in [0, 0.05) is 18.7 Å². The predicted octanol–water partition coefficient (Wildman–Crippen LogP) is 1.97. The molecule has 0 bridgehead atoms. The van der Waals surface area contributed by atoms with Crippen LogP contribution in [0.15, 0.2) is 53.5 Å². The number of fused-ring (bicyclic) bond motifs is 1. The lowest BCUT2D eigenvalue weighted by Crippen LogP contribution is -2.34. The molecule has 1 aliphatic rings. The molecule has 5 heteroatoms. The van der Waals surface area contributed by atoms with Crippen LogP contribution in [0.25, 0.3) is 0 Å². The summed E-state index contributed by atoms with van der Waals surface area (Å²) in [6.45, 7) is 1.85. The normalized spacial score (nSPS) is 12.3. The van der Waals surface area contributed by atoms with Crippen molar-refractivity contribution in [3.8, 4) is 5.75 Å². The van der Waals surface area contributed by atoms with Gasteiger partial charge in [-0.3, -0.25) is 9.79 Å². The first-order valence-corrected chi connectivity index (χ1v) is 7.57. The summed E-state index contributed by atoms with van der Waals surface area (Å²) in [5, 5.41) is 6.16. The number of hydrogen-bond acceptors (Lipinski definition) is 4. The molecule has 1 aliphatic heterocycles. The highest BCUT2D eigenvalue weighted by atomic mass is 16.5. The van der Waals surface area contributed by atoms with Gasteiger partial charge in [0.1, 0.15) is 11.6 Å². The van der Waals surface area contributed by atoms with Gasteiger partial charge in [-0.05, 0) is 17.7 Å². The van der Waals surface area contributed by atoms with Gasteiger partial charge < -0.3 is 15.4 Å². The summed E-state index contributed by atoms with van der Waals surface area (Å²) in [6.07, 6.45) is 0. The first-order valence-electron chi connectivity index (χ1n) is 7.57. The number of rotatable bonds is 5. The van der Waals surface area contributed by atoms with Gasteiger partial charge in [0.15, 0.2) is 0 Å². The van der Waals surface area contributed by atoms with Gasteiger partial charge in [-0.25, -0.2) is 0 Å². The van der Waals surface area contributed by atoms with E-state index in [0.29, 0.717) is 30.9 Å². The van der Waals surface area contributed by atoms with Crippen molar-refractivity contribution in [2.75, 3.05) is 20.2 Å². The van der Waals surface area contributed by atoms with Crippen LogP contribution in [0.2, 0.25) is 0 Å². The maximum absolute atomic E-state index is 12.2. The van der Waals surface area contributed by atoms with Crippen LogP contribution in [0, 0.1) is 0 Å². The van der Waals surface area contributed by atoms with Gasteiger partial charge in [0.05, 0.1) is 19.2 Å². The quantitative estimate of drug-likeness (QED) is 0.830. The summed E-state index contributed by atoms with van der Waals surface area (Å²) in [7, 11) is 1.56. The third-order valence-corrected chi connectivity index (χ3v) is 3.73. The van der Waals surface area contributed by atoms with Crippen LogP contribution in [0.5, 0.6) is 5.75 Å². The van der Waals surface area contributed by atoms with Crippen LogP contribution in [0.3, 0.4) is 0 Å². The summed E-state index contributed by atoms with van der Waals surface area (Å²) >= 11 is 0. The fourth-order valence-electron chi connectivity index (χ4n) is 2.57. The fourth-order valence-corrected chi connectivity index (χ4v) is 2.57. The van der Waals surface area contributed by atoms with Gasteiger partial charge in [0.2, 0.25) is 0 Å². The van der Waals surface area contributed by atoms with Crippen molar-refractivity contribution in [2.45, 2.75) is 6.54 Å². The third kappa shape index (κ3) is 3.34. The minimum Gasteiger partial charge on any atom is -0.496 e. The Bertz CT molecular complexity index is 741. The van der Waals surface area contributed by atoms with Crippen LogP contribution in [-0.4, -0.2) is 31.9 Å². The van der Waals surface area contributed by atoms with E-state index in [4.69, 9.17) is 4.74 Å². The number of para-hydroxylation sites is 1. The maximum Gasteiger partial charge on any atom is 0.255 e. The van der Waals surface area contributed by atoms with Gasteiger partial charge >= 0.3 is 0 Å². The Morgan fingerprint density at radius 1 is 1.13 bits per heavy atom. The summed E-state index contributed by atoms with van der Waals surface area (Å²) in [4.78, 5) is 16.6. The number of benzene rings is 2. The molecule has 0 radical (unpaired) electrons. The van der Waals surface area contributed by atoms with Crippen molar-refractivity contribution in [1.29, 1.82) is 0 Å². The van der Waals surface area contributed by atoms with Crippen molar-refractivity contribution in [2.24, 2.45) is 4.99 Å². The second-order valence-corrected chi connectivity index (χ2v) is 5.20. The Kier molecular flexibility index (Phi) is 4.57. The van der Waals surface area contributed by atoms with Gasteiger partial charge in [-0.15, -0.1) is 0 Å². The van der Waals surface area contributed by atoms with E-state index in [2.05, 4.69) is 27.8 Å². The molecule has 2 aromatic rings. The number of amidine groups is 1. The molecule has 23 heavy (non-hydrogen) atoms. The van der Waals surface area contributed by atoms with E-state index < -0.39 is 0 Å². The van der Waals surface area contributed by atoms with Crippen LogP contribution in [-0.2, 0) is 6.54 Å². The highest BCUT2D eigenvalue weighted by molar-refractivity contribution is 6.02. The molecule has 1 heterocycles. The van der Waals surface area contributed by atoms with Crippen molar-refractivity contribution >= 4 is 11.7 Å². The lowest BCUT2D eigenvalue weighted by Gasteiger charge is -2.10. The maximum atomic E-state index is 12.2. The topological polar surface area (TPSA) is 62.7 Å². The van der Waals surface area contributed by atoms with E-state index in [0.717, 1.165) is 11.4 Å². The number of nitrogens with one attached hydrogen (secondary N) is 2. The van der Waals surface area contributed by atoms with Crippen LogP contribution < -0.4 is 15.4 Å². The zero-order valence-electron chi connectivity index (χ0n) is 13.0. The molecule has 0 fully saturated rings. The second kappa shape index (κ2) is 6.96. The predicted molar refractivity (Wildman–Crippen MR) is 90.0 cm³/mol. The third-order valence-electron chi connectivity index (χ3n) is 3.73. The molecule has 0 aromatic heterocycles. The van der Waals surface area contributed by atoms with E-state index >= 15 is 0 Å². The lowest BCUT2D eigenvalue weighted by atomic mass is 10.1. The molecule has 0 atom stereocenters. The molecule has 0 spiro atoms. The average molecular weight is 309 g/mol. The van der Waals surface area contributed by atoms with Gasteiger partial charge in [0.25, 0.3) is 5.91 Å². The minimum atomic E-state index is -0.141. The molecule has 0 aliphatic carbocycles. The average Bonchev–Trinajstić information content (AvgIpc) is 3.01. The zero-order valence-corrected chi connectivity index (χ0v) is 13.0. The molecule has 0 saturated carbocycles. The number of aliphatic imine (C=N–C) groups is 1. The summed E-state index contributed by atoms with van der Waals surface area (Å²) in [5.74, 6) is 1.33. The molecule has 118 valence electrons. The first-order chi connectivity index (χ1) is 11.3. The molecule has 5 nitrogen and oxygen atoms in total. The van der Waals surface area contributed by atoms with Gasteiger partial charge in [-0.2, -0.15) is 0 Å².